The van der Waals surface area contributed by atoms with Gasteiger partial charge >= 0.3 is 6.03 Å². The minimum absolute atomic E-state index is 0.158. The maximum atomic E-state index is 11.9. The number of nitrogens with zero attached hydrogens (tertiary/aromatic N) is 3. The van der Waals surface area contributed by atoms with Crippen molar-refractivity contribution in [1.29, 1.82) is 0 Å². The lowest BCUT2D eigenvalue weighted by Crippen LogP contribution is -2.63. The maximum Gasteiger partial charge on any atom is 0.327 e. The monoisotopic (exact) mass is 274 g/mol. The number of hydrogen-bond acceptors (Lipinski definition) is 6. The molecule has 2 aliphatic rings. The first-order chi connectivity index (χ1) is 8.99. The predicted octanol–water partition coefficient (Wildman–Crippen LogP) is -2.67. The summed E-state index contributed by atoms with van der Waals surface area (Å²) in [5.74, 6) is 0.410. The van der Waals surface area contributed by atoms with E-state index < -0.39 is 37.2 Å². The van der Waals surface area contributed by atoms with Gasteiger partial charge in [0.25, 0.3) is 0 Å². The van der Waals surface area contributed by atoms with Crippen LogP contribution in [0.2, 0.25) is 0 Å². The van der Waals surface area contributed by atoms with Gasteiger partial charge in [-0.1, -0.05) is 0 Å². The lowest BCUT2D eigenvalue weighted by molar-refractivity contribution is -0.0885. The molecule has 9 heteroatoms. The number of hydrogen-bond donors (Lipinski definition) is 4. The number of aliphatic imine (C=N–C) groups is 1. The second kappa shape index (κ2) is 5.29. The smallest absolute Gasteiger partial charge is 0.327 e. The second-order valence-corrected chi connectivity index (χ2v) is 4.52. The third-order valence-corrected chi connectivity index (χ3v) is 3.24. The molecule has 0 aromatic carbocycles. The fraction of sp³-hybridized carbons (Fsp3) is 0.800. The van der Waals surface area contributed by atoms with Crippen LogP contribution in [0.25, 0.3) is 0 Å². The molecular formula is C10H18N4O5. The van der Waals surface area contributed by atoms with E-state index in [9.17, 15) is 15.0 Å². The molecule has 2 amide bonds. The van der Waals surface area contributed by atoms with Crippen LogP contribution in [0.5, 0.6) is 0 Å². The third kappa shape index (κ3) is 2.37. The summed E-state index contributed by atoms with van der Waals surface area (Å²) in [4.78, 5) is 18.7. The molecule has 0 spiro atoms. The normalized spacial score (nSPS) is 37.9. The van der Waals surface area contributed by atoms with Crippen molar-refractivity contribution in [2.45, 2.75) is 24.5 Å². The Morgan fingerprint density at radius 2 is 2.16 bits per heavy atom. The van der Waals surface area contributed by atoms with Crippen molar-refractivity contribution >= 4 is 12.0 Å². The van der Waals surface area contributed by atoms with E-state index in [1.807, 2.05) is 0 Å². The number of urea groups is 1. The van der Waals surface area contributed by atoms with Crippen LogP contribution in [0.3, 0.4) is 0 Å². The van der Waals surface area contributed by atoms with Crippen LogP contribution >= 0.6 is 0 Å². The number of carbonyl (C=O) groups excluding carboxylic acids is 1. The van der Waals surface area contributed by atoms with Gasteiger partial charge in [0.05, 0.1) is 13.3 Å². The van der Waals surface area contributed by atoms with Gasteiger partial charge in [-0.15, -0.1) is 0 Å². The Morgan fingerprint density at radius 3 is 2.68 bits per heavy atom. The highest BCUT2D eigenvalue weighted by molar-refractivity contribution is 5.98. The molecule has 2 rings (SSSR count). The average molecular weight is 274 g/mol. The lowest BCUT2D eigenvalue weighted by atomic mass is 10.1. The molecule has 4 atom stereocenters. The summed E-state index contributed by atoms with van der Waals surface area (Å²) in [6.07, 6.45) is -4.40. The van der Waals surface area contributed by atoms with Crippen molar-refractivity contribution in [3.63, 3.8) is 0 Å². The predicted molar refractivity (Wildman–Crippen MR) is 64.1 cm³/mol. The largest absolute Gasteiger partial charge is 0.394 e. The Hall–Kier alpha value is -1.42. The van der Waals surface area contributed by atoms with E-state index >= 15 is 0 Å². The zero-order valence-corrected chi connectivity index (χ0v) is 10.7. The first-order valence-electron chi connectivity index (χ1n) is 5.87. The van der Waals surface area contributed by atoms with E-state index in [2.05, 4.69) is 10.3 Å². The maximum absolute atomic E-state index is 11.9. The number of ether oxygens (including phenoxy) is 1. The quantitative estimate of drug-likeness (QED) is 0.436. The lowest BCUT2D eigenvalue weighted by Gasteiger charge is -2.39. The van der Waals surface area contributed by atoms with Crippen LogP contribution in [0.15, 0.2) is 4.99 Å². The summed E-state index contributed by atoms with van der Waals surface area (Å²) in [5, 5.41) is 31.1. The summed E-state index contributed by atoms with van der Waals surface area (Å²) in [6, 6.07) is -0.478. The van der Waals surface area contributed by atoms with Gasteiger partial charge in [0, 0.05) is 14.1 Å². The molecule has 2 unspecified atom stereocenters. The van der Waals surface area contributed by atoms with Crippen LogP contribution < -0.4 is 5.32 Å². The molecule has 0 aliphatic carbocycles. The van der Waals surface area contributed by atoms with Crippen LogP contribution in [-0.4, -0.2) is 89.0 Å². The standard InChI is InChI=1S/C10H18N4O5/c1-11-9-12-10(18)14(4-13(9)2)8-7(17)6(16)5(3-15)19-8/h5-8,15-17H,3-4H2,1-2H3,(H,11,12,18)/t5-,6?,7?,8-/m1/s1. The summed E-state index contributed by atoms with van der Waals surface area (Å²) in [5.41, 5.74) is 0. The third-order valence-electron chi connectivity index (χ3n) is 3.24. The van der Waals surface area contributed by atoms with Crippen LogP contribution in [-0.2, 0) is 4.74 Å². The topological polar surface area (TPSA) is 118 Å². The molecule has 2 saturated heterocycles. The van der Waals surface area contributed by atoms with Crippen LogP contribution in [0.1, 0.15) is 0 Å². The zero-order valence-electron chi connectivity index (χ0n) is 10.7. The molecule has 2 fully saturated rings. The van der Waals surface area contributed by atoms with Gasteiger partial charge in [-0.25, -0.2) is 4.79 Å². The Balaban J connectivity index is 2.12. The first-order valence-corrected chi connectivity index (χ1v) is 5.87. The van der Waals surface area contributed by atoms with E-state index in [1.54, 1.807) is 19.0 Å². The molecule has 2 aliphatic heterocycles. The van der Waals surface area contributed by atoms with E-state index in [0.29, 0.717) is 5.96 Å². The van der Waals surface area contributed by atoms with Crippen molar-refractivity contribution in [3.05, 3.63) is 0 Å². The Bertz CT molecular complexity index is 390. The molecular weight excluding hydrogens is 256 g/mol. The van der Waals surface area contributed by atoms with Crippen molar-refractivity contribution in [2.75, 3.05) is 27.4 Å². The molecule has 0 bridgehead atoms. The van der Waals surface area contributed by atoms with Gasteiger partial charge in [-0.2, -0.15) is 0 Å². The first kappa shape index (κ1) is 14.0. The minimum Gasteiger partial charge on any atom is -0.394 e. The van der Waals surface area contributed by atoms with Gasteiger partial charge in [-0.3, -0.25) is 15.2 Å². The zero-order chi connectivity index (χ0) is 14.2. The van der Waals surface area contributed by atoms with Gasteiger partial charge in [0.2, 0.25) is 5.96 Å². The van der Waals surface area contributed by atoms with E-state index in [-0.39, 0.29) is 6.67 Å². The number of carbonyl (C=O) groups is 1. The summed E-state index contributed by atoms with van der Waals surface area (Å²) >= 11 is 0. The fourth-order valence-corrected chi connectivity index (χ4v) is 2.18. The average Bonchev–Trinajstić information content (AvgIpc) is 2.68. The highest BCUT2D eigenvalue weighted by atomic mass is 16.6. The highest BCUT2D eigenvalue weighted by Crippen LogP contribution is 2.25. The minimum atomic E-state index is -1.27. The summed E-state index contributed by atoms with van der Waals surface area (Å²) in [6.45, 7) is -0.271. The molecule has 2 heterocycles. The van der Waals surface area contributed by atoms with Gasteiger partial charge < -0.3 is 25.0 Å². The fourth-order valence-electron chi connectivity index (χ4n) is 2.18. The number of rotatable bonds is 2. The van der Waals surface area contributed by atoms with Crippen molar-refractivity contribution < 1.29 is 24.9 Å². The molecule has 0 radical (unpaired) electrons. The Kier molecular flexibility index (Phi) is 3.90. The molecule has 4 N–H and O–H groups in total. The number of nitrogens with one attached hydrogen (secondary N) is 1. The Labute approximate surface area is 110 Å². The second-order valence-electron chi connectivity index (χ2n) is 4.52. The van der Waals surface area contributed by atoms with E-state index in [1.165, 1.54) is 4.90 Å². The SMILES string of the molecule is CN=C1NC(=O)N([C@@H]2O[C@H](CO)C(O)C2O)CN1C. The van der Waals surface area contributed by atoms with E-state index in [0.717, 1.165) is 0 Å². The summed E-state index contributed by atoms with van der Waals surface area (Å²) in [7, 11) is 3.27. The molecule has 0 aromatic heterocycles. The van der Waals surface area contributed by atoms with E-state index in [4.69, 9.17) is 9.84 Å². The summed E-state index contributed by atoms with van der Waals surface area (Å²) < 4.78 is 5.31. The molecule has 19 heavy (non-hydrogen) atoms. The highest BCUT2D eigenvalue weighted by Gasteiger charge is 2.47. The number of guanidine groups is 1. The molecule has 0 saturated carbocycles. The molecule has 0 aromatic rings. The van der Waals surface area contributed by atoms with Gasteiger partial charge in [0.1, 0.15) is 18.3 Å². The van der Waals surface area contributed by atoms with Crippen molar-refractivity contribution in [1.82, 2.24) is 15.1 Å². The Morgan fingerprint density at radius 1 is 1.47 bits per heavy atom. The molecule has 108 valence electrons. The van der Waals surface area contributed by atoms with Crippen LogP contribution in [0.4, 0.5) is 4.79 Å². The van der Waals surface area contributed by atoms with Crippen molar-refractivity contribution in [2.24, 2.45) is 4.99 Å². The van der Waals surface area contributed by atoms with Crippen molar-refractivity contribution in [3.8, 4) is 0 Å². The van der Waals surface area contributed by atoms with Gasteiger partial charge in [-0.05, 0) is 0 Å². The number of amides is 2. The number of aliphatic hydroxyl groups excluding tert-OH is 3. The van der Waals surface area contributed by atoms with Crippen LogP contribution in [0, 0.1) is 0 Å². The number of aliphatic hydroxyl groups is 3. The molecule has 9 nitrogen and oxygen atoms in total. The van der Waals surface area contributed by atoms with Gasteiger partial charge in [0.15, 0.2) is 6.23 Å².